The predicted octanol–water partition coefficient (Wildman–Crippen LogP) is 2.51. The molecule has 1 saturated carbocycles. The smallest absolute Gasteiger partial charge is 0.0924 e. The highest BCUT2D eigenvalue weighted by Crippen LogP contribution is 2.34. The average Bonchev–Trinajstić information content (AvgIpc) is 2.70. The fourth-order valence-electron chi connectivity index (χ4n) is 3.92. The van der Waals surface area contributed by atoms with Gasteiger partial charge in [0.05, 0.1) is 22.8 Å². The van der Waals surface area contributed by atoms with Crippen LogP contribution in [0.2, 0.25) is 0 Å². The molecule has 0 bridgehead atoms. The second kappa shape index (κ2) is 8.97. The summed E-state index contributed by atoms with van der Waals surface area (Å²) in [5.74, 6) is 0.408. The topological polar surface area (TPSA) is 102 Å². The predicted molar refractivity (Wildman–Crippen MR) is 112 cm³/mol. The Hall–Kier alpha value is -2.44. The van der Waals surface area contributed by atoms with Crippen LogP contribution in [-0.2, 0) is 0 Å². The molecule has 6 nitrogen and oxygen atoms in total. The Balaban J connectivity index is 2.03. The summed E-state index contributed by atoms with van der Waals surface area (Å²) in [6.07, 6.45) is 10.9. The summed E-state index contributed by atoms with van der Waals surface area (Å²) in [6, 6.07) is 5.91. The number of pyridine rings is 1. The fraction of sp³-hybridized carbons (Fsp3) is 0.429. The van der Waals surface area contributed by atoms with Crippen molar-refractivity contribution in [3.05, 3.63) is 54.9 Å². The molecule has 2 heterocycles. The van der Waals surface area contributed by atoms with E-state index in [0.717, 1.165) is 48.5 Å². The van der Waals surface area contributed by atoms with E-state index in [1.807, 2.05) is 30.4 Å². The van der Waals surface area contributed by atoms with E-state index in [4.69, 9.17) is 11.5 Å². The van der Waals surface area contributed by atoms with Gasteiger partial charge < -0.3 is 11.5 Å². The first kappa shape index (κ1) is 19.3. The maximum absolute atomic E-state index is 6.28. The minimum atomic E-state index is 0.00935. The number of nitrogens with zero attached hydrogens (tertiary/aromatic N) is 4. The van der Waals surface area contributed by atoms with E-state index >= 15 is 0 Å². The molecular weight excluding hydrogens is 336 g/mol. The Morgan fingerprint density at radius 2 is 1.85 bits per heavy atom. The largest absolute Gasteiger partial charge is 0.326 e. The van der Waals surface area contributed by atoms with E-state index in [1.165, 1.54) is 0 Å². The van der Waals surface area contributed by atoms with Crippen molar-refractivity contribution in [3.63, 3.8) is 0 Å². The first-order valence-electron chi connectivity index (χ1n) is 9.50. The van der Waals surface area contributed by atoms with Gasteiger partial charge in [-0.1, -0.05) is 24.8 Å². The zero-order valence-electron chi connectivity index (χ0n) is 15.8. The molecule has 27 heavy (non-hydrogen) atoms. The van der Waals surface area contributed by atoms with E-state index < -0.39 is 0 Å². The Morgan fingerprint density at radius 1 is 1.11 bits per heavy atom. The van der Waals surface area contributed by atoms with E-state index in [1.54, 1.807) is 19.3 Å². The molecule has 2 aliphatic rings. The Morgan fingerprint density at radius 3 is 2.48 bits per heavy atom. The van der Waals surface area contributed by atoms with Crippen LogP contribution >= 0.6 is 0 Å². The molecule has 3 rings (SSSR count). The van der Waals surface area contributed by atoms with Crippen LogP contribution in [0.5, 0.6) is 0 Å². The molecule has 6 heteroatoms. The molecule has 0 amide bonds. The van der Waals surface area contributed by atoms with Crippen molar-refractivity contribution in [2.24, 2.45) is 38.5 Å². The number of nitrogens with two attached hydrogens (primary N) is 2. The highest BCUT2D eigenvalue weighted by atomic mass is 15.2. The third-order valence-corrected chi connectivity index (χ3v) is 5.45. The van der Waals surface area contributed by atoms with E-state index in [2.05, 4.69) is 26.8 Å². The highest BCUT2D eigenvalue weighted by Gasteiger charge is 2.38. The van der Waals surface area contributed by atoms with Gasteiger partial charge in [0, 0.05) is 37.2 Å². The number of rotatable bonds is 4. The lowest BCUT2D eigenvalue weighted by molar-refractivity contribution is 0.337. The van der Waals surface area contributed by atoms with Gasteiger partial charge in [0.2, 0.25) is 0 Å². The summed E-state index contributed by atoms with van der Waals surface area (Å²) in [5.41, 5.74) is 16.1. The molecule has 1 fully saturated rings. The molecule has 4 N–H and O–H groups in total. The van der Waals surface area contributed by atoms with Gasteiger partial charge in [-0.15, -0.1) is 0 Å². The first-order chi connectivity index (χ1) is 13.2. The van der Waals surface area contributed by atoms with Crippen molar-refractivity contribution in [2.45, 2.75) is 37.8 Å². The van der Waals surface area contributed by atoms with Crippen molar-refractivity contribution in [3.8, 4) is 0 Å². The van der Waals surface area contributed by atoms with Crippen LogP contribution in [0.15, 0.2) is 64.4 Å². The molecule has 4 unspecified atom stereocenters. The van der Waals surface area contributed by atoms with Crippen LogP contribution in [0, 0.1) is 11.8 Å². The lowest BCUT2D eigenvalue weighted by Gasteiger charge is -2.36. The Bertz CT molecular complexity index is 777. The zero-order valence-corrected chi connectivity index (χ0v) is 15.8. The van der Waals surface area contributed by atoms with Crippen LogP contribution in [0.25, 0.3) is 0 Å². The van der Waals surface area contributed by atoms with Gasteiger partial charge in [-0.3, -0.25) is 9.98 Å². The zero-order chi connectivity index (χ0) is 19.2. The summed E-state index contributed by atoms with van der Waals surface area (Å²) >= 11 is 0. The van der Waals surface area contributed by atoms with E-state index in [-0.39, 0.29) is 23.9 Å². The molecule has 1 aliphatic heterocycles. The van der Waals surface area contributed by atoms with Crippen LogP contribution in [0.4, 0.5) is 0 Å². The molecule has 142 valence electrons. The van der Waals surface area contributed by atoms with Crippen LogP contribution in [-0.4, -0.2) is 41.3 Å². The van der Waals surface area contributed by atoms with Crippen molar-refractivity contribution in [1.82, 2.24) is 4.98 Å². The lowest BCUT2D eigenvalue weighted by Crippen LogP contribution is -2.46. The maximum Gasteiger partial charge on any atom is 0.0924 e. The van der Waals surface area contributed by atoms with Crippen molar-refractivity contribution >= 4 is 17.1 Å². The maximum atomic E-state index is 6.28. The van der Waals surface area contributed by atoms with Gasteiger partial charge >= 0.3 is 0 Å². The van der Waals surface area contributed by atoms with Gasteiger partial charge in [-0.05, 0) is 43.9 Å². The number of aliphatic imine (C=N–C) groups is 1. The number of aromatic nitrogens is 1. The summed E-state index contributed by atoms with van der Waals surface area (Å²) < 4.78 is 0. The molecule has 1 aliphatic carbocycles. The average molecular weight is 364 g/mol. The molecule has 0 aromatic carbocycles. The summed E-state index contributed by atoms with van der Waals surface area (Å²) in [4.78, 5) is 8.94. The van der Waals surface area contributed by atoms with Crippen molar-refractivity contribution < 1.29 is 0 Å². The van der Waals surface area contributed by atoms with Crippen LogP contribution in [0.1, 0.15) is 31.4 Å². The molecule has 1 aromatic heterocycles. The third-order valence-electron chi connectivity index (χ3n) is 5.45. The second-order valence-corrected chi connectivity index (χ2v) is 7.08. The molecule has 4 atom stereocenters. The summed E-state index contributed by atoms with van der Waals surface area (Å²) in [5, 5.41) is 9.18. The first-order valence-corrected chi connectivity index (χ1v) is 9.50. The van der Waals surface area contributed by atoms with Crippen molar-refractivity contribution in [1.29, 1.82) is 0 Å². The SMILES string of the molecule is C=C/C=C\C(=N/C)C1=NN=C(c2ccccn2)C2CCC(N)C(N)CCC12. The minimum absolute atomic E-state index is 0.00935. The van der Waals surface area contributed by atoms with Crippen LogP contribution < -0.4 is 11.5 Å². The second-order valence-electron chi connectivity index (χ2n) is 7.08. The molecular formula is C21H28N6. The van der Waals surface area contributed by atoms with Gasteiger partial charge in [-0.25, -0.2) is 0 Å². The van der Waals surface area contributed by atoms with Gasteiger partial charge in [-0.2, -0.15) is 10.2 Å². The highest BCUT2D eigenvalue weighted by molar-refractivity contribution is 6.48. The Labute approximate surface area is 160 Å². The fourth-order valence-corrected chi connectivity index (χ4v) is 3.92. The summed E-state index contributed by atoms with van der Waals surface area (Å²) in [7, 11) is 1.78. The molecule has 1 aromatic rings. The van der Waals surface area contributed by atoms with Crippen molar-refractivity contribution in [2.75, 3.05) is 7.05 Å². The number of hydrogen-bond donors (Lipinski definition) is 2. The quantitative estimate of drug-likeness (QED) is 0.634. The third kappa shape index (κ3) is 4.28. The normalized spacial score (nSPS) is 29.4. The van der Waals surface area contributed by atoms with Gasteiger partial charge in [0.15, 0.2) is 0 Å². The van der Waals surface area contributed by atoms with Gasteiger partial charge in [0.25, 0.3) is 0 Å². The number of fused-ring (bicyclic) bond motifs is 1. The molecule has 0 spiro atoms. The monoisotopic (exact) mass is 364 g/mol. The molecule has 0 saturated heterocycles. The molecule has 0 radical (unpaired) electrons. The van der Waals surface area contributed by atoms with Crippen LogP contribution in [0.3, 0.4) is 0 Å². The number of hydrogen-bond acceptors (Lipinski definition) is 6. The van der Waals surface area contributed by atoms with Gasteiger partial charge in [0.1, 0.15) is 0 Å². The van der Waals surface area contributed by atoms with E-state index in [9.17, 15) is 0 Å². The number of allylic oxidation sites excluding steroid dienone is 3. The van der Waals surface area contributed by atoms with E-state index in [0.29, 0.717) is 0 Å². The summed E-state index contributed by atoms with van der Waals surface area (Å²) in [6.45, 7) is 3.74. The Kier molecular flexibility index (Phi) is 6.42. The standard InChI is InChI=1S/C21H28N6/c1-3-4-7-18(24-2)20-14-9-11-16(22)17(23)12-10-15(14)21(27-26-20)19-8-5-6-13-25-19/h3-8,13-17H,1,9-12,22-23H2,2H3/b7-4-,24-18+. The minimum Gasteiger partial charge on any atom is -0.326 e. The lowest BCUT2D eigenvalue weighted by atomic mass is 9.72.